The Morgan fingerprint density at radius 2 is 2.05 bits per heavy atom. The van der Waals surface area contributed by atoms with Gasteiger partial charge < -0.3 is 10.6 Å². The van der Waals surface area contributed by atoms with Crippen LogP contribution in [0.3, 0.4) is 0 Å². The van der Waals surface area contributed by atoms with E-state index >= 15 is 0 Å². The molecule has 4 heteroatoms. The van der Waals surface area contributed by atoms with Crippen molar-refractivity contribution in [2.45, 2.75) is 45.2 Å². The zero-order chi connectivity index (χ0) is 14.9. The van der Waals surface area contributed by atoms with Gasteiger partial charge in [0.2, 0.25) is 0 Å². The Morgan fingerprint density at radius 3 is 2.55 bits per heavy atom. The number of hydrogen-bond donors (Lipinski definition) is 1. The third-order valence-corrected chi connectivity index (χ3v) is 5.81. The Labute approximate surface area is 127 Å². The quantitative estimate of drug-likeness (QED) is 0.930. The highest BCUT2D eigenvalue weighted by Gasteiger charge is 2.29. The molecule has 0 spiro atoms. The van der Waals surface area contributed by atoms with Crippen LogP contribution in [-0.4, -0.2) is 49.1 Å². The van der Waals surface area contributed by atoms with Crippen molar-refractivity contribution in [1.82, 2.24) is 9.80 Å². The molecule has 0 aliphatic carbocycles. The summed E-state index contributed by atoms with van der Waals surface area (Å²) in [5.41, 5.74) is 6.33. The first-order valence-electron chi connectivity index (χ1n) is 7.57. The predicted octanol–water partition coefficient (Wildman–Crippen LogP) is 2.68. The highest BCUT2D eigenvalue weighted by Crippen LogP contribution is 2.35. The summed E-state index contributed by atoms with van der Waals surface area (Å²) in [7, 11) is 2.20. The standard InChI is InChI=1S/C16H29N3S/c1-12-11-18(5)8-9-19(12)13(10-17)14-6-7-15(20-14)16(2,3)4/h6-7,12-13H,8-11,17H2,1-5H3. The van der Waals surface area contributed by atoms with Gasteiger partial charge in [0, 0.05) is 42.0 Å². The van der Waals surface area contributed by atoms with Crippen molar-refractivity contribution in [3.05, 3.63) is 21.9 Å². The molecule has 2 unspecified atom stereocenters. The SMILES string of the molecule is CC1CN(C)CCN1C(CN)c1ccc(C(C)(C)C)s1. The molecule has 0 radical (unpaired) electrons. The number of piperazine rings is 1. The lowest BCUT2D eigenvalue weighted by Crippen LogP contribution is -2.52. The highest BCUT2D eigenvalue weighted by atomic mass is 32.1. The van der Waals surface area contributed by atoms with Crippen LogP contribution in [0, 0.1) is 0 Å². The van der Waals surface area contributed by atoms with Gasteiger partial charge in [0.1, 0.15) is 0 Å². The molecule has 0 amide bonds. The molecule has 3 nitrogen and oxygen atoms in total. The highest BCUT2D eigenvalue weighted by molar-refractivity contribution is 7.12. The molecule has 1 fully saturated rings. The lowest BCUT2D eigenvalue weighted by atomic mass is 9.95. The predicted molar refractivity (Wildman–Crippen MR) is 88.5 cm³/mol. The van der Waals surface area contributed by atoms with Gasteiger partial charge in [0.15, 0.2) is 0 Å². The smallest absolute Gasteiger partial charge is 0.0567 e. The van der Waals surface area contributed by atoms with Crippen molar-refractivity contribution in [1.29, 1.82) is 0 Å². The number of hydrogen-bond acceptors (Lipinski definition) is 4. The first kappa shape index (κ1) is 16.0. The summed E-state index contributed by atoms with van der Waals surface area (Å²) in [6, 6.07) is 5.51. The summed E-state index contributed by atoms with van der Waals surface area (Å²) in [5.74, 6) is 0. The molecule has 0 saturated carbocycles. The van der Waals surface area contributed by atoms with Gasteiger partial charge in [-0.3, -0.25) is 4.90 Å². The Morgan fingerprint density at radius 1 is 1.35 bits per heavy atom. The summed E-state index contributed by atoms with van der Waals surface area (Å²) in [6.45, 7) is 13.2. The van der Waals surface area contributed by atoms with Gasteiger partial charge in [0.25, 0.3) is 0 Å². The second-order valence-electron chi connectivity index (χ2n) is 7.05. The molecule has 0 bridgehead atoms. The van der Waals surface area contributed by atoms with E-state index in [2.05, 4.69) is 56.7 Å². The van der Waals surface area contributed by atoms with Crippen LogP contribution in [0.2, 0.25) is 0 Å². The number of nitrogens with zero attached hydrogens (tertiary/aromatic N) is 2. The monoisotopic (exact) mass is 295 g/mol. The Hall–Kier alpha value is -0.420. The van der Waals surface area contributed by atoms with Gasteiger partial charge in [-0.1, -0.05) is 20.8 Å². The minimum absolute atomic E-state index is 0.232. The van der Waals surface area contributed by atoms with Crippen LogP contribution in [0.5, 0.6) is 0 Å². The van der Waals surface area contributed by atoms with E-state index in [0.29, 0.717) is 18.6 Å². The molecule has 1 aliphatic heterocycles. The normalized spacial score (nSPS) is 24.0. The van der Waals surface area contributed by atoms with E-state index in [-0.39, 0.29) is 5.41 Å². The summed E-state index contributed by atoms with van der Waals surface area (Å²) in [4.78, 5) is 7.86. The van der Waals surface area contributed by atoms with Gasteiger partial charge in [-0.25, -0.2) is 0 Å². The van der Waals surface area contributed by atoms with E-state index < -0.39 is 0 Å². The first-order valence-corrected chi connectivity index (χ1v) is 8.39. The first-order chi connectivity index (χ1) is 9.32. The molecule has 2 rings (SSSR count). The van der Waals surface area contributed by atoms with Crippen molar-refractivity contribution in [3.8, 4) is 0 Å². The zero-order valence-electron chi connectivity index (χ0n) is 13.5. The van der Waals surface area contributed by atoms with Gasteiger partial charge in [-0.2, -0.15) is 0 Å². The van der Waals surface area contributed by atoms with Gasteiger partial charge in [0.05, 0.1) is 6.04 Å². The lowest BCUT2D eigenvalue weighted by molar-refractivity contribution is 0.0648. The fourth-order valence-corrected chi connectivity index (χ4v) is 4.17. The maximum atomic E-state index is 6.10. The van der Waals surface area contributed by atoms with E-state index in [4.69, 9.17) is 5.73 Å². The second-order valence-corrected chi connectivity index (χ2v) is 8.17. The maximum Gasteiger partial charge on any atom is 0.0567 e. The van der Waals surface area contributed by atoms with Crippen LogP contribution >= 0.6 is 11.3 Å². The van der Waals surface area contributed by atoms with E-state index in [0.717, 1.165) is 19.6 Å². The molecule has 2 atom stereocenters. The minimum atomic E-state index is 0.232. The summed E-state index contributed by atoms with van der Waals surface area (Å²) < 4.78 is 0. The van der Waals surface area contributed by atoms with Gasteiger partial charge in [-0.15, -0.1) is 11.3 Å². The van der Waals surface area contributed by atoms with Crippen molar-refractivity contribution in [3.63, 3.8) is 0 Å². The molecule has 1 aliphatic rings. The summed E-state index contributed by atoms with van der Waals surface area (Å²) >= 11 is 1.93. The summed E-state index contributed by atoms with van der Waals surface area (Å²) in [5, 5.41) is 0. The molecule has 20 heavy (non-hydrogen) atoms. The molecule has 0 aromatic carbocycles. The minimum Gasteiger partial charge on any atom is -0.329 e. The Balaban J connectivity index is 2.18. The zero-order valence-corrected chi connectivity index (χ0v) is 14.3. The lowest BCUT2D eigenvalue weighted by Gasteiger charge is -2.42. The van der Waals surface area contributed by atoms with Gasteiger partial charge >= 0.3 is 0 Å². The number of nitrogens with two attached hydrogens (primary N) is 1. The van der Waals surface area contributed by atoms with Crippen LogP contribution in [0.15, 0.2) is 12.1 Å². The average Bonchev–Trinajstić information content (AvgIpc) is 2.82. The molecule has 1 saturated heterocycles. The third-order valence-electron chi connectivity index (χ3n) is 4.20. The van der Waals surface area contributed by atoms with Crippen LogP contribution in [0.25, 0.3) is 0 Å². The van der Waals surface area contributed by atoms with Crippen LogP contribution < -0.4 is 5.73 Å². The van der Waals surface area contributed by atoms with E-state index in [1.165, 1.54) is 9.75 Å². The van der Waals surface area contributed by atoms with Crippen LogP contribution in [0.1, 0.15) is 43.5 Å². The van der Waals surface area contributed by atoms with Gasteiger partial charge in [-0.05, 0) is 31.5 Å². The Kier molecular flexibility index (Phi) is 4.90. The van der Waals surface area contributed by atoms with Crippen LogP contribution in [0.4, 0.5) is 0 Å². The largest absolute Gasteiger partial charge is 0.329 e. The topological polar surface area (TPSA) is 32.5 Å². The van der Waals surface area contributed by atoms with Crippen molar-refractivity contribution in [2.24, 2.45) is 5.73 Å². The van der Waals surface area contributed by atoms with Crippen LogP contribution in [-0.2, 0) is 5.41 Å². The molecular formula is C16H29N3S. The summed E-state index contributed by atoms with van der Waals surface area (Å²) in [6.07, 6.45) is 0. The van der Waals surface area contributed by atoms with E-state index in [9.17, 15) is 0 Å². The maximum absolute atomic E-state index is 6.10. The number of thiophene rings is 1. The molecular weight excluding hydrogens is 266 g/mol. The average molecular weight is 295 g/mol. The van der Waals surface area contributed by atoms with E-state index in [1.54, 1.807) is 0 Å². The Bertz CT molecular complexity index is 435. The number of rotatable bonds is 3. The van der Waals surface area contributed by atoms with Crippen molar-refractivity contribution >= 4 is 11.3 Å². The third kappa shape index (κ3) is 3.42. The molecule has 1 aromatic rings. The van der Waals surface area contributed by atoms with Crippen molar-refractivity contribution in [2.75, 3.05) is 33.2 Å². The molecule has 2 N–H and O–H groups in total. The van der Waals surface area contributed by atoms with E-state index in [1.807, 2.05) is 11.3 Å². The molecule has 1 aromatic heterocycles. The van der Waals surface area contributed by atoms with Crippen molar-refractivity contribution < 1.29 is 0 Å². The second kappa shape index (κ2) is 6.14. The number of likely N-dealkylation sites (N-methyl/N-ethyl adjacent to an activating group) is 1. The molecule has 114 valence electrons. The molecule has 2 heterocycles. The fraction of sp³-hybridized carbons (Fsp3) is 0.750. The fourth-order valence-electron chi connectivity index (χ4n) is 2.97.